The predicted molar refractivity (Wildman–Crippen MR) is 90.0 cm³/mol. The highest BCUT2D eigenvalue weighted by atomic mass is 16.6. The van der Waals surface area contributed by atoms with Crippen molar-refractivity contribution in [3.8, 4) is 0 Å². The summed E-state index contributed by atoms with van der Waals surface area (Å²) in [5.41, 5.74) is 7.04. The number of imidazole rings is 1. The Kier molecular flexibility index (Phi) is 4.10. The summed E-state index contributed by atoms with van der Waals surface area (Å²) in [6.45, 7) is 3.01. The summed E-state index contributed by atoms with van der Waals surface area (Å²) in [5.74, 6) is 1.06. The molecule has 3 aromatic heterocycles. The molecule has 3 aromatic rings. The number of nitrogen functional groups attached to an aromatic ring is 1. The molecule has 24 heavy (non-hydrogen) atoms. The fourth-order valence-corrected chi connectivity index (χ4v) is 2.25. The first-order valence-electron chi connectivity index (χ1n) is 7.24. The molecule has 3 heterocycles. The van der Waals surface area contributed by atoms with Crippen LogP contribution in [0.2, 0.25) is 0 Å². The van der Waals surface area contributed by atoms with Crippen LogP contribution >= 0.6 is 0 Å². The second kappa shape index (κ2) is 6.36. The van der Waals surface area contributed by atoms with Crippen molar-refractivity contribution in [3.05, 3.63) is 46.4 Å². The van der Waals surface area contributed by atoms with Crippen molar-refractivity contribution in [2.24, 2.45) is 0 Å². The van der Waals surface area contributed by atoms with Gasteiger partial charge in [-0.3, -0.25) is 14.5 Å². The summed E-state index contributed by atoms with van der Waals surface area (Å²) in [7, 11) is 0. The van der Waals surface area contributed by atoms with Crippen molar-refractivity contribution in [2.75, 3.05) is 29.5 Å². The van der Waals surface area contributed by atoms with Crippen LogP contribution in [0.25, 0.3) is 5.65 Å². The maximum Gasteiger partial charge on any atom is 0.311 e. The van der Waals surface area contributed by atoms with Crippen LogP contribution in [0.15, 0.2) is 30.6 Å². The molecule has 4 N–H and O–H groups in total. The number of nitrogens with zero attached hydrogens (tertiary/aromatic N) is 5. The van der Waals surface area contributed by atoms with E-state index >= 15 is 0 Å². The molecule has 0 saturated carbocycles. The van der Waals surface area contributed by atoms with E-state index < -0.39 is 4.92 Å². The van der Waals surface area contributed by atoms with Gasteiger partial charge >= 0.3 is 5.69 Å². The van der Waals surface area contributed by atoms with Crippen LogP contribution in [-0.4, -0.2) is 37.4 Å². The molecule has 124 valence electrons. The van der Waals surface area contributed by atoms with Crippen molar-refractivity contribution in [1.82, 2.24) is 19.4 Å². The normalized spacial score (nSPS) is 10.7. The van der Waals surface area contributed by atoms with Crippen LogP contribution in [0, 0.1) is 17.0 Å². The third-order valence-corrected chi connectivity index (χ3v) is 3.33. The summed E-state index contributed by atoms with van der Waals surface area (Å²) in [6.07, 6.45) is 3.54. The number of anilines is 3. The Hall–Kier alpha value is -3.43. The standard InChI is InChI=1S/C14H16N8O2/c1-9-8-12-17-6-7-21(12)14(19-9)18-5-4-16-11-3-2-10(22(23)24)13(15)20-11/h2-3,6-8H,4-5H2,1H3,(H,18,19)(H3,15,16,20). The highest BCUT2D eigenvalue weighted by molar-refractivity contribution is 5.57. The second-order valence-electron chi connectivity index (χ2n) is 5.09. The van der Waals surface area contributed by atoms with E-state index in [4.69, 9.17) is 5.73 Å². The van der Waals surface area contributed by atoms with Crippen molar-refractivity contribution in [1.29, 1.82) is 0 Å². The van der Waals surface area contributed by atoms with E-state index in [-0.39, 0.29) is 11.5 Å². The van der Waals surface area contributed by atoms with E-state index in [1.165, 1.54) is 12.1 Å². The molecule has 0 atom stereocenters. The van der Waals surface area contributed by atoms with Gasteiger partial charge in [-0.15, -0.1) is 0 Å². The Morgan fingerprint density at radius 3 is 2.83 bits per heavy atom. The number of rotatable bonds is 6. The number of nitro groups is 1. The maximum atomic E-state index is 10.7. The number of hydrogen-bond acceptors (Lipinski definition) is 8. The average Bonchev–Trinajstić information content (AvgIpc) is 2.99. The van der Waals surface area contributed by atoms with Crippen molar-refractivity contribution < 1.29 is 4.92 Å². The predicted octanol–water partition coefficient (Wildman–Crippen LogP) is 1.45. The number of hydrogen-bond donors (Lipinski definition) is 3. The third-order valence-electron chi connectivity index (χ3n) is 3.33. The summed E-state index contributed by atoms with van der Waals surface area (Å²) < 4.78 is 1.86. The van der Waals surface area contributed by atoms with Crippen LogP contribution < -0.4 is 16.4 Å². The molecule has 0 aliphatic rings. The molecule has 0 saturated heterocycles. The molecule has 0 aliphatic heterocycles. The molecule has 0 aromatic carbocycles. The van der Waals surface area contributed by atoms with Gasteiger partial charge in [0.1, 0.15) is 11.5 Å². The minimum Gasteiger partial charge on any atom is -0.378 e. The van der Waals surface area contributed by atoms with E-state index in [2.05, 4.69) is 25.6 Å². The Bertz CT molecular complexity index is 892. The molecule has 10 nitrogen and oxygen atoms in total. The first-order valence-corrected chi connectivity index (χ1v) is 7.24. The van der Waals surface area contributed by atoms with Gasteiger partial charge in [0, 0.05) is 43.3 Å². The van der Waals surface area contributed by atoms with Crippen molar-refractivity contribution >= 4 is 28.9 Å². The molecular formula is C14H16N8O2. The molecule has 0 radical (unpaired) electrons. The number of aryl methyl sites for hydroxylation is 1. The van der Waals surface area contributed by atoms with E-state index in [1.54, 1.807) is 6.20 Å². The molecular weight excluding hydrogens is 312 g/mol. The highest BCUT2D eigenvalue weighted by Gasteiger charge is 2.12. The molecule has 3 rings (SSSR count). The molecule has 0 aliphatic carbocycles. The number of nitrogens with one attached hydrogen (secondary N) is 2. The molecule has 0 spiro atoms. The third kappa shape index (κ3) is 3.16. The van der Waals surface area contributed by atoms with Gasteiger partial charge in [-0.2, -0.15) is 0 Å². The van der Waals surface area contributed by atoms with E-state index in [0.717, 1.165) is 11.3 Å². The lowest BCUT2D eigenvalue weighted by molar-refractivity contribution is -0.384. The summed E-state index contributed by atoms with van der Waals surface area (Å²) in [5, 5.41) is 17.0. The second-order valence-corrected chi connectivity index (χ2v) is 5.09. The lowest BCUT2D eigenvalue weighted by Crippen LogP contribution is -2.17. The van der Waals surface area contributed by atoms with Gasteiger partial charge in [-0.25, -0.2) is 15.0 Å². The lowest BCUT2D eigenvalue weighted by atomic mass is 10.4. The van der Waals surface area contributed by atoms with Crippen molar-refractivity contribution in [2.45, 2.75) is 6.92 Å². The van der Waals surface area contributed by atoms with Crippen LogP contribution in [0.4, 0.5) is 23.3 Å². The Balaban J connectivity index is 1.60. The van der Waals surface area contributed by atoms with Crippen molar-refractivity contribution in [3.63, 3.8) is 0 Å². The zero-order valence-corrected chi connectivity index (χ0v) is 12.9. The largest absolute Gasteiger partial charge is 0.378 e. The number of nitrogens with two attached hydrogens (primary N) is 1. The Labute approximate surface area is 136 Å². The summed E-state index contributed by atoms with van der Waals surface area (Å²) in [6, 6.07) is 4.75. The summed E-state index contributed by atoms with van der Waals surface area (Å²) >= 11 is 0. The van der Waals surface area contributed by atoms with Crippen LogP contribution in [0.1, 0.15) is 5.69 Å². The lowest BCUT2D eigenvalue weighted by Gasteiger charge is -2.10. The van der Waals surface area contributed by atoms with Gasteiger partial charge in [0.05, 0.1) is 4.92 Å². The molecule has 0 fully saturated rings. The highest BCUT2D eigenvalue weighted by Crippen LogP contribution is 2.20. The SMILES string of the molecule is Cc1cc2nccn2c(NCCNc2ccc([N+](=O)[O-])c(N)n2)n1. The van der Waals surface area contributed by atoms with E-state index in [9.17, 15) is 10.1 Å². The number of aromatic nitrogens is 4. The first-order chi connectivity index (χ1) is 11.5. The monoisotopic (exact) mass is 328 g/mol. The average molecular weight is 328 g/mol. The smallest absolute Gasteiger partial charge is 0.311 e. The molecule has 0 bridgehead atoms. The Morgan fingerprint density at radius 2 is 2.08 bits per heavy atom. The molecule has 10 heteroatoms. The molecule has 0 unspecified atom stereocenters. The van der Waals surface area contributed by atoms with E-state index in [1.807, 2.05) is 23.6 Å². The number of fused-ring (bicyclic) bond motifs is 1. The van der Waals surface area contributed by atoms with Gasteiger partial charge in [-0.05, 0) is 13.0 Å². The van der Waals surface area contributed by atoms with Crippen LogP contribution in [-0.2, 0) is 0 Å². The zero-order chi connectivity index (χ0) is 17.1. The fourth-order valence-electron chi connectivity index (χ4n) is 2.25. The summed E-state index contributed by atoms with van der Waals surface area (Å²) in [4.78, 5) is 22.8. The first kappa shape index (κ1) is 15.5. The fraction of sp³-hybridized carbons (Fsp3) is 0.214. The minimum atomic E-state index is -0.562. The van der Waals surface area contributed by atoms with Gasteiger partial charge in [0.15, 0.2) is 0 Å². The minimum absolute atomic E-state index is 0.113. The van der Waals surface area contributed by atoms with Gasteiger partial charge in [0.2, 0.25) is 11.8 Å². The van der Waals surface area contributed by atoms with Gasteiger partial charge in [0.25, 0.3) is 0 Å². The van der Waals surface area contributed by atoms with Gasteiger partial charge < -0.3 is 16.4 Å². The quantitative estimate of drug-likeness (QED) is 0.351. The van der Waals surface area contributed by atoms with Crippen LogP contribution in [0.5, 0.6) is 0 Å². The van der Waals surface area contributed by atoms with Gasteiger partial charge in [-0.1, -0.05) is 0 Å². The zero-order valence-electron chi connectivity index (χ0n) is 12.9. The molecule has 0 amide bonds. The van der Waals surface area contributed by atoms with Crippen LogP contribution in [0.3, 0.4) is 0 Å². The number of pyridine rings is 1. The Morgan fingerprint density at radius 1 is 1.29 bits per heavy atom. The topological polar surface area (TPSA) is 136 Å². The van der Waals surface area contributed by atoms with E-state index in [0.29, 0.717) is 24.9 Å². The maximum absolute atomic E-state index is 10.7.